The number of methoxy groups -OCH3 is 1. The van der Waals surface area contributed by atoms with Crippen molar-refractivity contribution in [2.75, 3.05) is 53.1 Å². The highest BCUT2D eigenvalue weighted by atomic mass is 16.5. The molecule has 2 aliphatic rings. The third-order valence-electron chi connectivity index (χ3n) is 6.29. The molecule has 0 aromatic heterocycles. The van der Waals surface area contributed by atoms with Gasteiger partial charge in [-0.05, 0) is 36.2 Å². The Morgan fingerprint density at radius 3 is 2.54 bits per heavy atom. The summed E-state index contributed by atoms with van der Waals surface area (Å²) in [6.45, 7) is 6.36. The van der Waals surface area contributed by atoms with E-state index in [-0.39, 0.29) is 11.3 Å². The fourth-order valence-corrected chi connectivity index (χ4v) is 4.45. The normalized spacial score (nSPS) is 20.3. The molecule has 0 saturated carbocycles. The standard InChI is InChI=1S/C27H32N2O6/c1-3-14-35-22-9-5-7-20(18-22)25(30)23-24(19-6-4-8-21(17-19)33-2)29(27(32)26(23)31)11-10-28-12-15-34-16-13-28/h4-9,17-18,24,30H,3,10-16H2,1-2H3/b25-23+. The Morgan fingerprint density at radius 1 is 1.06 bits per heavy atom. The van der Waals surface area contributed by atoms with Crippen LogP contribution >= 0.6 is 0 Å². The largest absolute Gasteiger partial charge is 0.507 e. The van der Waals surface area contributed by atoms with Crippen molar-refractivity contribution in [1.82, 2.24) is 9.80 Å². The Balaban J connectivity index is 1.73. The van der Waals surface area contributed by atoms with Crippen LogP contribution in [0.3, 0.4) is 0 Å². The number of aliphatic hydroxyl groups excluding tert-OH is 1. The average molecular weight is 481 g/mol. The van der Waals surface area contributed by atoms with E-state index in [0.29, 0.717) is 55.5 Å². The molecule has 1 N–H and O–H groups in total. The van der Waals surface area contributed by atoms with Crippen molar-refractivity contribution in [2.24, 2.45) is 0 Å². The summed E-state index contributed by atoms with van der Waals surface area (Å²) in [6.07, 6.45) is 0.848. The van der Waals surface area contributed by atoms with Crippen LogP contribution in [0.5, 0.6) is 11.5 Å². The van der Waals surface area contributed by atoms with Gasteiger partial charge < -0.3 is 24.2 Å². The molecule has 2 heterocycles. The van der Waals surface area contributed by atoms with Gasteiger partial charge in [-0.2, -0.15) is 0 Å². The predicted molar refractivity (Wildman–Crippen MR) is 131 cm³/mol. The Morgan fingerprint density at radius 2 is 1.80 bits per heavy atom. The van der Waals surface area contributed by atoms with E-state index in [4.69, 9.17) is 14.2 Å². The van der Waals surface area contributed by atoms with Crippen LogP contribution in [-0.4, -0.2) is 79.7 Å². The molecule has 0 radical (unpaired) electrons. The van der Waals surface area contributed by atoms with Crippen LogP contribution < -0.4 is 9.47 Å². The molecular weight excluding hydrogens is 448 g/mol. The van der Waals surface area contributed by atoms with Gasteiger partial charge in [-0.15, -0.1) is 0 Å². The summed E-state index contributed by atoms with van der Waals surface area (Å²) in [4.78, 5) is 30.2. The van der Waals surface area contributed by atoms with Crippen LogP contribution in [0.4, 0.5) is 0 Å². The molecule has 4 rings (SSSR count). The molecular formula is C27H32N2O6. The van der Waals surface area contributed by atoms with Crippen LogP contribution in [0.1, 0.15) is 30.5 Å². The molecule has 2 aromatic rings. The number of likely N-dealkylation sites (tertiary alicyclic amines) is 1. The van der Waals surface area contributed by atoms with E-state index in [1.165, 1.54) is 0 Å². The van der Waals surface area contributed by atoms with Gasteiger partial charge in [-0.1, -0.05) is 31.2 Å². The number of Topliss-reactive ketones (excluding diaryl/α,β-unsaturated/α-hetero) is 1. The number of amides is 1. The number of benzene rings is 2. The third-order valence-corrected chi connectivity index (χ3v) is 6.29. The first-order valence-corrected chi connectivity index (χ1v) is 12.0. The lowest BCUT2D eigenvalue weighted by Gasteiger charge is -2.31. The van der Waals surface area contributed by atoms with E-state index in [1.807, 2.05) is 19.1 Å². The van der Waals surface area contributed by atoms with Gasteiger partial charge in [-0.3, -0.25) is 14.5 Å². The van der Waals surface area contributed by atoms with Gasteiger partial charge in [0.1, 0.15) is 17.3 Å². The lowest BCUT2D eigenvalue weighted by atomic mass is 9.95. The summed E-state index contributed by atoms with van der Waals surface area (Å²) in [5.41, 5.74) is 1.20. The summed E-state index contributed by atoms with van der Waals surface area (Å²) >= 11 is 0. The van der Waals surface area contributed by atoms with Crippen LogP contribution in [0, 0.1) is 0 Å². The maximum atomic E-state index is 13.3. The van der Waals surface area contributed by atoms with Gasteiger partial charge in [0.05, 0.1) is 38.5 Å². The van der Waals surface area contributed by atoms with Gasteiger partial charge in [0.25, 0.3) is 11.7 Å². The Hall–Kier alpha value is -3.36. The van der Waals surface area contributed by atoms with Gasteiger partial charge in [0.15, 0.2) is 0 Å². The number of hydrogen-bond donors (Lipinski definition) is 1. The smallest absolute Gasteiger partial charge is 0.295 e. The molecule has 8 heteroatoms. The molecule has 2 aliphatic heterocycles. The molecule has 1 amide bonds. The maximum absolute atomic E-state index is 13.3. The third kappa shape index (κ3) is 5.49. The van der Waals surface area contributed by atoms with Crippen molar-refractivity contribution >= 4 is 17.4 Å². The van der Waals surface area contributed by atoms with Crippen LogP contribution in [0.2, 0.25) is 0 Å². The Kier molecular flexibility index (Phi) is 8.05. The average Bonchev–Trinajstić information content (AvgIpc) is 3.16. The lowest BCUT2D eigenvalue weighted by molar-refractivity contribution is -0.140. The molecule has 0 bridgehead atoms. The van der Waals surface area contributed by atoms with Crippen molar-refractivity contribution in [2.45, 2.75) is 19.4 Å². The van der Waals surface area contributed by atoms with Crippen LogP contribution in [-0.2, 0) is 14.3 Å². The van der Waals surface area contributed by atoms with Gasteiger partial charge in [-0.25, -0.2) is 0 Å². The first kappa shape index (κ1) is 24.8. The summed E-state index contributed by atoms with van der Waals surface area (Å²) in [5, 5.41) is 11.3. The molecule has 1 unspecified atom stereocenters. The number of ether oxygens (including phenoxy) is 3. The molecule has 2 fully saturated rings. The van der Waals surface area contributed by atoms with E-state index < -0.39 is 17.7 Å². The molecule has 35 heavy (non-hydrogen) atoms. The Bertz CT molecular complexity index is 1090. The van der Waals surface area contributed by atoms with Crippen molar-refractivity contribution in [3.05, 3.63) is 65.2 Å². The second-order valence-electron chi connectivity index (χ2n) is 8.60. The number of carbonyl (C=O) groups is 2. The quantitative estimate of drug-likeness (QED) is 0.335. The number of aliphatic hydroxyl groups is 1. The second kappa shape index (κ2) is 11.4. The maximum Gasteiger partial charge on any atom is 0.295 e. The zero-order chi connectivity index (χ0) is 24.8. The number of carbonyl (C=O) groups excluding carboxylic acids is 2. The second-order valence-corrected chi connectivity index (χ2v) is 8.60. The minimum absolute atomic E-state index is 0.0675. The SMILES string of the molecule is CCCOc1cccc(/C(O)=C2\C(=O)C(=O)N(CCN3CCOCC3)C2c2cccc(OC)c2)c1. The number of morpholine rings is 1. The van der Waals surface area contributed by atoms with Crippen LogP contribution in [0.25, 0.3) is 5.76 Å². The van der Waals surface area contributed by atoms with Crippen molar-refractivity contribution < 1.29 is 28.9 Å². The van der Waals surface area contributed by atoms with E-state index in [2.05, 4.69) is 4.90 Å². The minimum Gasteiger partial charge on any atom is -0.507 e. The summed E-state index contributed by atoms with van der Waals surface area (Å²) < 4.78 is 16.5. The predicted octanol–water partition coefficient (Wildman–Crippen LogP) is 3.24. The number of ketones is 1. The highest BCUT2D eigenvalue weighted by Gasteiger charge is 2.46. The summed E-state index contributed by atoms with van der Waals surface area (Å²) in [5.74, 6) is -0.332. The first-order valence-electron chi connectivity index (χ1n) is 12.0. The highest BCUT2D eigenvalue weighted by molar-refractivity contribution is 6.46. The van der Waals surface area contributed by atoms with Crippen molar-refractivity contribution in [3.8, 4) is 11.5 Å². The van der Waals surface area contributed by atoms with E-state index in [1.54, 1.807) is 48.4 Å². The van der Waals surface area contributed by atoms with E-state index >= 15 is 0 Å². The van der Waals surface area contributed by atoms with Gasteiger partial charge >= 0.3 is 0 Å². The molecule has 1 atom stereocenters. The Labute approximate surface area is 205 Å². The fraction of sp³-hybridized carbons (Fsp3) is 0.407. The van der Waals surface area contributed by atoms with Gasteiger partial charge in [0, 0.05) is 31.7 Å². The first-order chi connectivity index (χ1) is 17.0. The van der Waals surface area contributed by atoms with Crippen molar-refractivity contribution in [3.63, 3.8) is 0 Å². The number of hydrogen-bond acceptors (Lipinski definition) is 7. The molecule has 2 saturated heterocycles. The van der Waals surface area contributed by atoms with Crippen molar-refractivity contribution in [1.29, 1.82) is 0 Å². The minimum atomic E-state index is -0.730. The monoisotopic (exact) mass is 480 g/mol. The van der Waals surface area contributed by atoms with Gasteiger partial charge in [0.2, 0.25) is 0 Å². The zero-order valence-corrected chi connectivity index (χ0v) is 20.2. The van der Waals surface area contributed by atoms with E-state index in [9.17, 15) is 14.7 Å². The fourth-order valence-electron chi connectivity index (χ4n) is 4.45. The molecule has 186 valence electrons. The highest BCUT2D eigenvalue weighted by Crippen LogP contribution is 2.40. The van der Waals surface area contributed by atoms with E-state index in [0.717, 1.165) is 19.5 Å². The summed E-state index contributed by atoms with van der Waals surface area (Å²) in [7, 11) is 1.57. The molecule has 0 spiro atoms. The van der Waals surface area contributed by atoms with Crippen LogP contribution in [0.15, 0.2) is 54.1 Å². The molecule has 8 nitrogen and oxygen atoms in total. The molecule has 2 aromatic carbocycles. The number of nitrogens with zero attached hydrogens (tertiary/aromatic N) is 2. The molecule has 0 aliphatic carbocycles. The summed E-state index contributed by atoms with van der Waals surface area (Å²) in [6, 6.07) is 13.5. The lowest BCUT2D eigenvalue weighted by Crippen LogP contribution is -2.42. The topological polar surface area (TPSA) is 88.5 Å². The number of rotatable bonds is 9. The zero-order valence-electron chi connectivity index (χ0n) is 20.2.